The zero-order chi connectivity index (χ0) is 28.8. The van der Waals surface area contributed by atoms with Gasteiger partial charge in [-0.2, -0.15) is 0 Å². The van der Waals surface area contributed by atoms with E-state index in [0.717, 1.165) is 39.7 Å². The minimum absolute atomic E-state index is 0.177. The number of rotatable bonds is 5. The number of hydrogen-bond acceptors (Lipinski definition) is 7. The van der Waals surface area contributed by atoms with Crippen LogP contribution in [0.15, 0.2) is 78.9 Å². The number of thiazole rings is 1. The second-order valence-corrected chi connectivity index (χ2v) is 12.4. The molecule has 0 saturated heterocycles. The molecule has 208 valence electrons. The summed E-state index contributed by atoms with van der Waals surface area (Å²) in [6.45, 7) is 1.34. The van der Waals surface area contributed by atoms with Crippen LogP contribution in [0.4, 0.5) is 0 Å². The van der Waals surface area contributed by atoms with Crippen LogP contribution >= 0.6 is 43.2 Å². The quantitative estimate of drug-likeness (QED) is 0.195. The van der Waals surface area contributed by atoms with E-state index < -0.39 is 5.97 Å². The Morgan fingerprint density at radius 2 is 1.83 bits per heavy atom. The van der Waals surface area contributed by atoms with Crippen molar-refractivity contribution >= 4 is 60.9 Å². The van der Waals surface area contributed by atoms with E-state index in [9.17, 15) is 9.59 Å². The molecule has 1 aliphatic carbocycles. The molecule has 0 fully saturated rings. The number of carbonyl (C=O) groups excluding carboxylic acids is 1. The molecule has 1 aliphatic heterocycles. The van der Waals surface area contributed by atoms with Gasteiger partial charge in [-0.05, 0) is 75.8 Å². The molecule has 0 unspecified atom stereocenters. The highest BCUT2D eigenvalue weighted by Gasteiger charge is 2.33. The van der Waals surface area contributed by atoms with Crippen molar-refractivity contribution < 1.29 is 19.0 Å². The Labute approximate surface area is 256 Å². The maximum absolute atomic E-state index is 14.2. The standard InChI is InChI=1S/C31H24Br2N2O5S/c1-16(36)40-29-19(12-20(32)15-23(29)33)14-26-30(37)35-28(18-9-11-24(38-2)25(13-18)39-3)22-10-8-17-6-4-5-7-21(17)27(22)34-31(35)41-26/h4-7,9,11-15,28H,8,10H2,1-3H3/b26-14+/t28-/m0/s1. The molecule has 10 heteroatoms. The van der Waals surface area contributed by atoms with Gasteiger partial charge in [0.05, 0.1) is 35.0 Å². The number of benzene rings is 3. The Morgan fingerprint density at radius 3 is 2.59 bits per heavy atom. The first-order valence-electron chi connectivity index (χ1n) is 12.8. The van der Waals surface area contributed by atoms with Crippen LogP contribution in [0.2, 0.25) is 0 Å². The predicted molar refractivity (Wildman–Crippen MR) is 165 cm³/mol. The van der Waals surface area contributed by atoms with E-state index in [1.165, 1.54) is 23.8 Å². The van der Waals surface area contributed by atoms with Crippen molar-refractivity contribution in [2.24, 2.45) is 4.99 Å². The molecule has 0 saturated carbocycles. The topological polar surface area (TPSA) is 79.1 Å². The fourth-order valence-corrected chi connectivity index (χ4v) is 7.76. The minimum atomic E-state index is -0.455. The lowest BCUT2D eigenvalue weighted by Gasteiger charge is -2.31. The van der Waals surface area contributed by atoms with Crippen molar-refractivity contribution in [1.82, 2.24) is 4.57 Å². The van der Waals surface area contributed by atoms with E-state index in [0.29, 0.717) is 36.6 Å². The highest BCUT2D eigenvalue weighted by molar-refractivity contribution is 9.11. The molecule has 0 amide bonds. The largest absolute Gasteiger partial charge is 0.493 e. The molecule has 0 radical (unpaired) electrons. The van der Waals surface area contributed by atoms with Crippen LogP contribution in [0.5, 0.6) is 17.2 Å². The summed E-state index contributed by atoms with van der Waals surface area (Å²) in [6.07, 6.45) is 3.38. The van der Waals surface area contributed by atoms with Gasteiger partial charge in [0.15, 0.2) is 22.0 Å². The van der Waals surface area contributed by atoms with E-state index in [1.807, 2.05) is 36.4 Å². The molecule has 6 rings (SSSR count). The van der Waals surface area contributed by atoms with Gasteiger partial charge in [0.25, 0.3) is 5.56 Å². The number of halogens is 2. The lowest BCUT2D eigenvalue weighted by molar-refractivity contribution is -0.131. The highest BCUT2D eigenvalue weighted by Crippen LogP contribution is 2.43. The molecule has 2 aliphatic rings. The van der Waals surface area contributed by atoms with Crippen molar-refractivity contribution in [2.45, 2.75) is 25.8 Å². The number of allylic oxidation sites excluding steroid dienone is 1. The molecular weight excluding hydrogens is 672 g/mol. The van der Waals surface area contributed by atoms with Crippen molar-refractivity contribution in [3.8, 4) is 17.2 Å². The second kappa shape index (κ2) is 11.1. The predicted octanol–water partition coefficient (Wildman–Crippen LogP) is 5.79. The van der Waals surface area contributed by atoms with Crippen LogP contribution in [0, 0.1) is 0 Å². The van der Waals surface area contributed by atoms with Crippen molar-refractivity contribution in [3.63, 3.8) is 0 Å². The van der Waals surface area contributed by atoms with Gasteiger partial charge in [-0.3, -0.25) is 14.2 Å². The first-order valence-corrected chi connectivity index (χ1v) is 15.2. The van der Waals surface area contributed by atoms with Crippen LogP contribution in [0.1, 0.15) is 41.6 Å². The fourth-order valence-electron chi connectivity index (χ4n) is 5.43. The molecule has 0 N–H and O–H groups in total. The van der Waals surface area contributed by atoms with Gasteiger partial charge < -0.3 is 14.2 Å². The monoisotopic (exact) mass is 694 g/mol. The summed E-state index contributed by atoms with van der Waals surface area (Å²) in [6, 6.07) is 17.3. The third kappa shape index (κ3) is 4.98. The number of carbonyl (C=O) groups is 1. The average molecular weight is 696 g/mol. The Hall–Kier alpha value is -3.47. The number of esters is 1. The van der Waals surface area contributed by atoms with Crippen LogP contribution in [-0.2, 0) is 11.2 Å². The summed E-state index contributed by atoms with van der Waals surface area (Å²) >= 11 is 8.30. The van der Waals surface area contributed by atoms with Gasteiger partial charge in [-0.15, -0.1) is 0 Å². The van der Waals surface area contributed by atoms with Gasteiger partial charge in [0, 0.05) is 22.5 Å². The normalized spacial score (nSPS) is 15.9. The van der Waals surface area contributed by atoms with E-state index in [2.05, 4.69) is 44.0 Å². The minimum Gasteiger partial charge on any atom is -0.493 e. The molecule has 7 nitrogen and oxygen atoms in total. The van der Waals surface area contributed by atoms with E-state index >= 15 is 0 Å². The smallest absolute Gasteiger partial charge is 0.308 e. The van der Waals surface area contributed by atoms with Crippen molar-refractivity contribution in [2.75, 3.05) is 14.2 Å². The van der Waals surface area contributed by atoms with E-state index in [1.54, 1.807) is 30.9 Å². The number of nitrogens with zero attached hydrogens (tertiary/aromatic N) is 2. The van der Waals surface area contributed by atoms with Crippen molar-refractivity contribution in [3.05, 3.63) is 111 Å². The first-order chi connectivity index (χ1) is 19.8. The van der Waals surface area contributed by atoms with Crippen LogP contribution in [0.3, 0.4) is 0 Å². The lowest BCUT2D eigenvalue weighted by Crippen LogP contribution is -2.38. The summed E-state index contributed by atoms with van der Waals surface area (Å²) in [5.41, 5.74) is 5.64. The Balaban J connectivity index is 1.62. The molecule has 3 aromatic carbocycles. The molecule has 0 bridgehead atoms. The van der Waals surface area contributed by atoms with Crippen molar-refractivity contribution in [1.29, 1.82) is 0 Å². The third-order valence-electron chi connectivity index (χ3n) is 7.17. The number of ether oxygens (including phenoxy) is 3. The lowest BCUT2D eigenvalue weighted by atomic mass is 9.83. The molecule has 2 heterocycles. The molecule has 41 heavy (non-hydrogen) atoms. The first kappa shape index (κ1) is 27.7. The summed E-state index contributed by atoms with van der Waals surface area (Å²) in [5.74, 6) is 1.10. The highest BCUT2D eigenvalue weighted by atomic mass is 79.9. The summed E-state index contributed by atoms with van der Waals surface area (Å²) in [7, 11) is 3.20. The molecule has 0 spiro atoms. The molecule has 4 aromatic rings. The van der Waals surface area contributed by atoms with Gasteiger partial charge >= 0.3 is 5.97 Å². The molecule has 1 atom stereocenters. The van der Waals surface area contributed by atoms with Gasteiger partial charge in [0.2, 0.25) is 0 Å². The number of aromatic nitrogens is 1. The average Bonchev–Trinajstić information content (AvgIpc) is 3.27. The van der Waals surface area contributed by atoms with Gasteiger partial charge in [-0.25, -0.2) is 4.99 Å². The van der Waals surface area contributed by atoms with E-state index in [4.69, 9.17) is 19.2 Å². The Morgan fingerprint density at radius 1 is 1.05 bits per heavy atom. The second-order valence-electron chi connectivity index (χ2n) is 9.63. The summed E-state index contributed by atoms with van der Waals surface area (Å²) < 4.78 is 20.2. The maximum atomic E-state index is 14.2. The SMILES string of the molecule is COc1ccc([C@H]2C3=C(N=c4s/c(=C/c5cc(Br)cc(Br)c5OC(C)=O)c(=O)n42)c2ccccc2CC3)cc1OC. The Kier molecular flexibility index (Phi) is 7.48. The third-order valence-corrected chi connectivity index (χ3v) is 9.20. The number of hydrogen-bond donors (Lipinski definition) is 0. The van der Waals surface area contributed by atoms with Crippen LogP contribution in [-0.4, -0.2) is 24.8 Å². The summed E-state index contributed by atoms with van der Waals surface area (Å²) in [5, 5.41) is 0. The van der Waals surface area contributed by atoms with Gasteiger partial charge in [0.1, 0.15) is 0 Å². The number of fused-ring (bicyclic) bond motifs is 3. The van der Waals surface area contributed by atoms with E-state index in [-0.39, 0.29) is 11.6 Å². The Bertz CT molecular complexity index is 1940. The van der Waals surface area contributed by atoms with Crippen LogP contribution in [0.25, 0.3) is 11.8 Å². The van der Waals surface area contributed by atoms with Gasteiger partial charge in [-0.1, -0.05) is 57.6 Å². The molecular formula is C31H24Br2N2O5S. The fraction of sp³-hybridized carbons (Fsp3) is 0.194. The summed E-state index contributed by atoms with van der Waals surface area (Å²) in [4.78, 5) is 31.7. The maximum Gasteiger partial charge on any atom is 0.308 e. The van der Waals surface area contributed by atoms with Crippen LogP contribution < -0.4 is 29.1 Å². The number of methoxy groups -OCH3 is 2. The zero-order valence-corrected chi connectivity index (χ0v) is 26.4. The zero-order valence-electron chi connectivity index (χ0n) is 22.4. The number of aryl methyl sites for hydroxylation is 1. The molecule has 1 aromatic heterocycles.